The molecule has 7 nitrogen and oxygen atoms in total. The average molecular weight is 538 g/mol. The molecule has 206 valence electrons. The zero-order chi connectivity index (χ0) is 27.7. The Morgan fingerprint density at radius 1 is 0.950 bits per heavy atom. The van der Waals surface area contributed by atoms with Gasteiger partial charge in [0.2, 0.25) is 0 Å². The Balaban J connectivity index is 1.31. The van der Waals surface area contributed by atoms with Crippen LogP contribution < -0.4 is 5.32 Å². The molecule has 0 radical (unpaired) electrons. The minimum atomic E-state index is -0.598. The van der Waals surface area contributed by atoms with Gasteiger partial charge in [-0.1, -0.05) is 60.7 Å². The molecule has 40 heavy (non-hydrogen) atoms. The van der Waals surface area contributed by atoms with E-state index in [1.165, 1.54) is 0 Å². The van der Waals surface area contributed by atoms with Crippen molar-refractivity contribution >= 4 is 11.6 Å². The number of aromatic nitrogens is 1. The summed E-state index contributed by atoms with van der Waals surface area (Å²) >= 11 is 0. The summed E-state index contributed by atoms with van der Waals surface area (Å²) in [6, 6.07) is 30.6. The molecule has 1 fully saturated rings. The number of rotatable bonds is 10. The highest BCUT2D eigenvalue weighted by Gasteiger charge is 2.33. The Bertz CT molecular complexity index is 1370. The molecule has 1 aliphatic rings. The van der Waals surface area contributed by atoms with Crippen LogP contribution in [0.4, 0.5) is 5.69 Å². The normalized spacial score (nSPS) is 18.9. The molecule has 4 aromatic rings. The van der Waals surface area contributed by atoms with Gasteiger partial charge in [-0.2, -0.15) is 0 Å². The highest BCUT2D eigenvalue weighted by atomic mass is 16.7. The molecule has 1 aliphatic heterocycles. The second kappa shape index (κ2) is 13.5. The third-order valence-electron chi connectivity index (χ3n) is 7.06. The van der Waals surface area contributed by atoms with Crippen LogP contribution in [0.1, 0.15) is 51.6 Å². The molecule has 5 rings (SSSR count). The number of anilines is 1. The van der Waals surface area contributed by atoms with Gasteiger partial charge in [-0.15, -0.1) is 0 Å². The van der Waals surface area contributed by atoms with E-state index >= 15 is 0 Å². The molecule has 2 heterocycles. The Morgan fingerprint density at radius 2 is 1.75 bits per heavy atom. The number of hydrogen-bond acceptors (Lipinski definition) is 6. The molecule has 0 unspecified atom stereocenters. The lowest BCUT2D eigenvalue weighted by Gasteiger charge is -2.38. The fourth-order valence-electron chi connectivity index (χ4n) is 4.88. The van der Waals surface area contributed by atoms with Gasteiger partial charge >= 0.3 is 0 Å². The summed E-state index contributed by atoms with van der Waals surface area (Å²) in [5, 5.41) is 12.5. The highest BCUT2D eigenvalue weighted by Crippen LogP contribution is 2.38. The second-order valence-electron chi connectivity index (χ2n) is 10.1. The van der Waals surface area contributed by atoms with Gasteiger partial charge in [-0.3, -0.25) is 9.78 Å². The van der Waals surface area contributed by atoms with Crippen molar-refractivity contribution in [3.05, 3.63) is 131 Å². The number of aliphatic hydroxyl groups excluding tert-OH is 1. The molecule has 1 amide bonds. The molecule has 3 aromatic carbocycles. The Labute approximate surface area is 235 Å². The fraction of sp³-hybridized carbons (Fsp3) is 0.273. The maximum Gasteiger partial charge on any atom is 0.255 e. The molecule has 0 saturated carbocycles. The van der Waals surface area contributed by atoms with Crippen molar-refractivity contribution < 1.29 is 19.4 Å². The SMILES string of the molecule is CN(CCc1ccccn1)C[C@@H]1C[C@H](c2ccc(CO)cc2)O[C@H](c2cccc(NC(=O)c3ccccc3)c2)O1. The molecule has 2 N–H and O–H groups in total. The van der Waals surface area contributed by atoms with E-state index in [0.29, 0.717) is 17.7 Å². The van der Waals surface area contributed by atoms with E-state index in [4.69, 9.17) is 9.47 Å². The van der Waals surface area contributed by atoms with Crippen molar-refractivity contribution in [2.45, 2.75) is 37.9 Å². The van der Waals surface area contributed by atoms with E-state index in [1.807, 2.05) is 91.1 Å². The van der Waals surface area contributed by atoms with Crippen molar-refractivity contribution in [1.29, 1.82) is 0 Å². The summed E-state index contributed by atoms with van der Waals surface area (Å²) in [4.78, 5) is 19.4. The quantitative estimate of drug-likeness (QED) is 0.276. The van der Waals surface area contributed by atoms with Crippen LogP contribution in [0.2, 0.25) is 0 Å². The zero-order valence-corrected chi connectivity index (χ0v) is 22.6. The van der Waals surface area contributed by atoms with Crippen LogP contribution in [-0.4, -0.2) is 47.1 Å². The number of nitrogens with one attached hydrogen (secondary N) is 1. The smallest absolute Gasteiger partial charge is 0.255 e. The van der Waals surface area contributed by atoms with E-state index in [9.17, 15) is 9.90 Å². The maximum atomic E-state index is 12.7. The molecule has 7 heteroatoms. The van der Waals surface area contributed by atoms with Crippen molar-refractivity contribution in [3.8, 4) is 0 Å². The van der Waals surface area contributed by atoms with Gasteiger partial charge in [0.1, 0.15) is 0 Å². The summed E-state index contributed by atoms with van der Waals surface area (Å²) in [5.41, 5.74) is 5.08. The predicted octanol–water partition coefficient (Wildman–Crippen LogP) is 5.55. The molecule has 3 atom stereocenters. The van der Waals surface area contributed by atoms with Crippen LogP contribution in [0.15, 0.2) is 103 Å². The number of carbonyl (C=O) groups excluding carboxylic acids is 1. The molecule has 0 bridgehead atoms. The molecule has 1 aromatic heterocycles. The van der Waals surface area contributed by atoms with Crippen LogP contribution in [-0.2, 0) is 22.5 Å². The van der Waals surface area contributed by atoms with E-state index < -0.39 is 6.29 Å². The Kier molecular flexibility index (Phi) is 9.31. The molecular formula is C33H35N3O4. The van der Waals surface area contributed by atoms with E-state index in [0.717, 1.165) is 41.9 Å². The summed E-state index contributed by atoms with van der Waals surface area (Å²) in [6.07, 6.45) is 2.54. The number of nitrogens with zero attached hydrogens (tertiary/aromatic N) is 2. The van der Waals surface area contributed by atoms with Crippen LogP contribution >= 0.6 is 0 Å². The number of likely N-dealkylation sites (N-methyl/N-ethyl adjacent to an activating group) is 1. The Hall–Kier alpha value is -3.88. The minimum absolute atomic E-state index is 0.00270. The molecule has 1 saturated heterocycles. The number of hydrogen-bond donors (Lipinski definition) is 2. The summed E-state index contributed by atoms with van der Waals surface area (Å²) < 4.78 is 13.0. The average Bonchev–Trinajstić information content (AvgIpc) is 3.01. The van der Waals surface area contributed by atoms with E-state index in [2.05, 4.69) is 22.2 Å². The fourth-order valence-corrected chi connectivity index (χ4v) is 4.88. The minimum Gasteiger partial charge on any atom is -0.392 e. The van der Waals surface area contributed by atoms with Gasteiger partial charge < -0.3 is 24.8 Å². The van der Waals surface area contributed by atoms with Crippen LogP contribution in [0.25, 0.3) is 0 Å². The second-order valence-corrected chi connectivity index (χ2v) is 10.1. The largest absolute Gasteiger partial charge is 0.392 e. The van der Waals surface area contributed by atoms with Crippen LogP contribution in [0.3, 0.4) is 0 Å². The van der Waals surface area contributed by atoms with Gasteiger partial charge in [0.05, 0.1) is 18.8 Å². The molecular weight excluding hydrogens is 502 g/mol. The van der Waals surface area contributed by atoms with Gasteiger partial charge in [0.15, 0.2) is 6.29 Å². The first-order chi connectivity index (χ1) is 19.6. The third-order valence-corrected chi connectivity index (χ3v) is 7.06. The monoisotopic (exact) mass is 537 g/mol. The summed E-state index contributed by atoms with van der Waals surface area (Å²) in [5.74, 6) is -0.169. The molecule has 0 spiro atoms. The van der Waals surface area contributed by atoms with Gasteiger partial charge in [-0.05, 0) is 54.6 Å². The molecule has 0 aliphatic carbocycles. The number of benzene rings is 3. The van der Waals surface area contributed by atoms with Crippen LogP contribution in [0, 0.1) is 0 Å². The lowest BCUT2D eigenvalue weighted by Crippen LogP contribution is -2.38. The first kappa shape index (κ1) is 27.7. The van der Waals surface area contributed by atoms with Crippen molar-refractivity contribution in [2.75, 3.05) is 25.5 Å². The summed E-state index contributed by atoms with van der Waals surface area (Å²) in [7, 11) is 2.10. The van der Waals surface area contributed by atoms with Crippen molar-refractivity contribution in [3.63, 3.8) is 0 Å². The van der Waals surface area contributed by atoms with Crippen molar-refractivity contribution in [2.24, 2.45) is 0 Å². The number of carbonyl (C=O) groups is 1. The first-order valence-corrected chi connectivity index (χ1v) is 13.6. The maximum absolute atomic E-state index is 12.7. The number of ether oxygens (including phenoxy) is 2. The number of pyridine rings is 1. The lowest BCUT2D eigenvalue weighted by atomic mass is 9.99. The Morgan fingerprint density at radius 3 is 2.50 bits per heavy atom. The predicted molar refractivity (Wildman–Crippen MR) is 155 cm³/mol. The van der Waals surface area contributed by atoms with Gasteiger partial charge in [0.25, 0.3) is 5.91 Å². The lowest BCUT2D eigenvalue weighted by molar-refractivity contribution is -0.252. The standard InChI is InChI=1S/C33H35N3O4/c1-36(19-17-28-11-5-6-18-34-28)22-30-21-31(25-15-13-24(23-37)14-16-25)40-33(39-30)27-10-7-12-29(20-27)35-32(38)26-8-3-2-4-9-26/h2-16,18,20,30-31,33,37H,17,19,21-23H2,1H3,(H,35,38)/t30-,31+,33+/m0/s1. The van der Waals surface area contributed by atoms with E-state index in [-0.39, 0.29) is 24.7 Å². The number of aliphatic hydroxyl groups is 1. The number of amides is 1. The topological polar surface area (TPSA) is 83.9 Å². The van der Waals surface area contributed by atoms with E-state index in [1.54, 1.807) is 12.1 Å². The van der Waals surface area contributed by atoms with Crippen LogP contribution in [0.5, 0.6) is 0 Å². The highest BCUT2D eigenvalue weighted by molar-refractivity contribution is 6.04. The first-order valence-electron chi connectivity index (χ1n) is 13.6. The summed E-state index contributed by atoms with van der Waals surface area (Å²) in [6.45, 7) is 1.60. The zero-order valence-electron chi connectivity index (χ0n) is 22.6. The van der Waals surface area contributed by atoms with Crippen molar-refractivity contribution in [1.82, 2.24) is 9.88 Å². The third kappa shape index (κ3) is 7.40. The van der Waals surface area contributed by atoms with Gasteiger partial charge in [-0.25, -0.2) is 0 Å². The van der Waals surface area contributed by atoms with Gasteiger partial charge in [0, 0.05) is 54.6 Å².